The first-order valence-electron chi connectivity index (χ1n) is 5.37. The van der Waals surface area contributed by atoms with Crippen molar-refractivity contribution in [2.24, 2.45) is 0 Å². The lowest BCUT2D eigenvalue weighted by Gasteiger charge is -2.05. The molecule has 2 nitrogen and oxygen atoms in total. The van der Waals surface area contributed by atoms with Gasteiger partial charge in [0, 0.05) is 17.5 Å². The molecule has 0 aliphatic carbocycles. The quantitative estimate of drug-likeness (QED) is 0.828. The zero-order chi connectivity index (χ0) is 10.8. The summed E-state index contributed by atoms with van der Waals surface area (Å²) in [4.78, 5) is 0. The molecule has 1 aromatic heterocycles. The van der Waals surface area contributed by atoms with Crippen LogP contribution in [0, 0.1) is 0 Å². The SMILES string of the molecule is CNCc1coc2ccc(C(C)C)cc12. The number of hydrogen-bond donors (Lipinski definition) is 1. The summed E-state index contributed by atoms with van der Waals surface area (Å²) in [6.07, 6.45) is 1.84. The lowest BCUT2D eigenvalue weighted by Crippen LogP contribution is -2.04. The lowest BCUT2D eigenvalue weighted by atomic mass is 10.0. The van der Waals surface area contributed by atoms with Crippen molar-refractivity contribution in [2.45, 2.75) is 26.3 Å². The van der Waals surface area contributed by atoms with Gasteiger partial charge in [-0.15, -0.1) is 0 Å². The van der Waals surface area contributed by atoms with Crippen LogP contribution in [0.4, 0.5) is 0 Å². The van der Waals surface area contributed by atoms with Gasteiger partial charge in [-0.3, -0.25) is 0 Å². The molecule has 0 aliphatic rings. The summed E-state index contributed by atoms with van der Waals surface area (Å²) in [5.74, 6) is 0.562. The molecular weight excluding hydrogens is 186 g/mol. The Bertz CT molecular complexity index is 457. The van der Waals surface area contributed by atoms with Crippen molar-refractivity contribution in [3.05, 3.63) is 35.6 Å². The Hall–Kier alpha value is -1.28. The molecule has 0 spiro atoms. The number of nitrogens with one attached hydrogen (secondary N) is 1. The van der Waals surface area contributed by atoms with E-state index in [1.165, 1.54) is 16.5 Å². The first kappa shape index (κ1) is 10.2. The van der Waals surface area contributed by atoms with Gasteiger partial charge in [-0.2, -0.15) is 0 Å². The van der Waals surface area contributed by atoms with Crippen LogP contribution >= 0.6 is 0 Å². The molecule has 80 valence electrons. The lowest BCUT2D eigenvalue weighted by molar-refractivity contribution is 0.607. The van der Waals surface area contributed by atoms with Crippen molar-refractivity contribution >= 4 is 11.0 Å². The molecule has 0 bridgehead atoms. The maximum absolute atomic E-state index is 5.50. The highest BCUT2D eigenvalue weighted by Crippen LogP contribution is 2.25. The molecule has 0 aliphatic heterocycles. The monoisotopic (exact) mass is 203 g/mol. The molecule has 15 heavy (non-hydrogen) atoms. The third kappa shape index (κ3) is 1.90. The molecule has 0 saturated heterocycles. The summed E-state index contributed by atoms with van der Waals surface area (Å²) in [6.45, 7) is 5.27. The fourth-order valence-corrected chi connectivity index (χ4v) is 1.79. The molecule has 2 heteroatoms. The Morgan fingerprint density at radius 3 is 2.80 bits per heavy atom. The molecule has 0 saturated carbocycles. The van der Waals surface area contributed by atoms with E-state index in [1.807, 2.05) is 13.3 Å². The predicted octanol–water partition coefficient (Wildman–Crippen LogP) is 3.28. The topological polar surface area (TPSA) is 25.2 Å². The number of rotatable bonds is 3. The molecule has 0 fully saturated rings. The molecule has 0 radical (unpaired) electrons. The third-order valence-electron chi connectivity index (χ3n) is 2.71. The predicted molar refractivity (Wildman–Crippen MR) is 63.1 cm³/mol. The van der Waals surface area contributed by atoms with E-state index < -0.39 is 0 Å². The summed E-state index contributed by atoms with van der Waals surface area (Å²) in [6, 6.07) is 6.43. The van der Waals surface area contributed by atoms with Crippen LogP contribution < -0.4 is 5.32 Å². The van der Waals surface area contributed by atoms with E-state index in [1.54, 1.807) is 0 Å². The van der Waals surface area contributed by atoms with Crippen molar-refractivity contribution < 1.29 is 4.42 Å². The second-order valence-corrected chi connectivity index (χ2v) is 4.20. The van der Waals surface area contributed by atoms with Crippen LogP contribution in [0.5, 0.6) is 0 Å². The van der Waals surface area contributed by atoms with Gasteiger partial charge in [0.05, 0.1) is 6.26 Å². The van der Waals surface area contributed by atoms with Crippen molar-refractivity contribution in [1.82, 2.24) is 5.32 Å². The zero-order valence-electron chi connectivity index (χ0n) is 9.50. The molecule has 1 N–H and O–H groups in total. The minimum Gasteiger partial charge on any atom is -0.464 e. The highest BCUT2D eigenvalue weighted by Gasteiger charge is 2.07. The Balaban J connectivity index is 2.51. The van der Waals surface area contributed by atoms with Crippen LogP contribution in [0.3, 0.4) is 0 Å². The van der Waals surface area contributed by atoms with E-state index in [0.717, 1.165) is 12.1 Å². The second-order valence-electron chi connectivity index (χ2n) is 4.20. The van der Waals surface area contributed by atoms with Crippen molar-refractivity contribution in [1.29, 1.82) is 0 Å². The Labute approximate surface area is 90.3 Å². The van der Waals surface area contributed by atoms with Gasteiger partial charge in [-0.05, 0) is 30.7 Å². The molecule has 1 heterocycles. The number of benzene rings is 1. The molecular formula is C13H17NO. The minimum atomic E-state index is 0.562. The van der Waals surface area contributed by atoms with Gasteiger partial charge in [0.15, 0.2) is 0 Å². The van der Waals surface area contributed by atoms with E-state index in [-0.39, 0.29) is 0 Å². The van der Waals surface area contributed by atoms with Crippen LogP contribution in [-0.4, -0.2) is 7.05 Å². The third-order valence-corrected chi connectivity index (χ3v) is 2.71. The zero-order valence-corrected chi connectivity index (χ0v) is 9.50. The van der Waals surface area contributed by atoms with Crippen molar-refractivity contribution in [3.63, 3.8) is 0 Å². The van der Waals surface area contributed by atoms with Crippen LogP contribution in [0.15, 0.2) is 28.9 Å². The number of hydrogen-bond acceptors (Lipinski definition) is 2. The van der Waals surface area contributed by atoms with E-state index in [0.29, 0.717) is 5.92 Å². The fraction of sp³-hybridized carbons (Fsp3) is 0.385. The second kappa shape index (κ2) is 4.07. The van der Waals surface area contributed by atoms with Gasteiger partial charge in [0.25, 0.3) is 0 Å². The molecule has 0 amide bonds. The van der Waals surface area contributed by atoms with Crippen LogP contribution in [0.1, 0.15) is 30.9 Å². The summed E-state index contributed by atoms with van der Waals surface area (Å²) < 4.78 is 5.50. The number of furan rings is 1. The molecule has 1 aromatic carbocycles. The van der Waals surface area contributed by atoms with Gasteiger partial charge >= 0.3 is 0 Å². The molecule has 0 unspecified atom stereocenters. The smallest absolute Gasteiger partial charge is 0.134 e. The van der Waals surface area contributed by atoms with Crippen LogP contribution in [-0.2, 0) is 6.54 Å². The average Bonchev–Trinajstić information content (AvgIpc) is 2.61. The highest BCUT2D eigenvalue weighted by molar-refractivity contribution is 5.81. The van der Waals surface area contributed by atoms with Crippen LogP contribution in [0.25, 0.3) is 11.0 Å². The summed E-state index contributed by atoms with van der Waals surface area (Å²) in [5, 5.41) is 4.38. The van der Waals surface area contributed by atoms with Gasteiger partial charge < -0.3 is 9.73 Å². The molecule has 0 atom stereocenters. The summed E-state index contributed by atoms with van der Waals surface area (Å²) >= 11 is 0. The van der Waals surface area contributed by atoms with Gasteiger partial charge in [-0.1, -0.05) is 19.9 Å². The standard InChI is InChI=1S/C13H17NO/c1-9(2)10-4-5-13-12(6-10)11(7-14-3)8-15-13/h4-6,8-9,14H,7H2,1-3H3. The van der Waals surface area contributed by atoms with E-state index in [2.05, 4.69) is 37.4 Å². The first-order valence-corrected chi connectivity index (χ1v) is 5.37. The van der Waals surface area contributed by atoms with Gasteiger partial charge in [-0.25, -0.2) is 0 Å². The Morgan fingerprint density at radius 1 is 1.33 bits per heavy atom. The molecule has 2 rings (SSSR count). The average molecular weight is 203 g/mol. The van der Waals surface area contributed by atoms with E-state index in [4.69, 9.17) is 4.42 Å². The number of fused-ring (bicyclic) bond motifs is 1. The highest BCUT2D eigenvalue weighted by atomic mass is 16.3. The Kier molecular flexibility index (Phi) is 2.78. The van der Waals surface area contributed by atoms with Gasteiger partial charge in [0.2, 0.25) is 0 Å². The van der Waals surface area contributed by atoms with Crippen molar-refractivity contribution in [2.75, 3.05) is 7.05 Å². The minimum absolute atomic E-state index is 0.562. The molecule has 2 aromatic rings. The summed E-state index contributed by atoms with van der Waals surface area (Å²) in [7, 11) is 1.95. The van der Waals surface area contributed by atoms with Crippen molar-refractivity contribution in [3.8, 4) is 0 Å². The Morgan fingerprint density at radius 2 is 2.13 bits per heavy atom. The summed E-state index contributed by atoms with van der Waals surface area (Å²) in [5.41, 5.74) is 3.57. The van der Waals surface area contributed by atoms with Crippen LogP contribution in [0.2, 0.25) is 0 Å². The van der Waals surface area contributed by atoms with E-state index >= 15 is 0 Å². The fourth-order valence-electron chi connectivity index (χ4n) is 1.79. The largest absolute Gasteiger partial charge is 0.464 e. The maximum atomic E-state index is 5.50. The van der Waals surface area contributed by atoms with E-state index in [9.17, 15) is 0 Å². The normalized spacial score (nSPS) is 11.5. The van der Waals surface area contributed by atoms with Gasteiger partial charge in [0.1, 0.15) is 5.58 Å². The first-order chi connectivity index (χ1) is 7.22. The maximum Gasteiger partial charge on any atom is 0.134 e.